The van der Waals surface area contributed by atoms with Crippen LogP contribution in [0.4, 0.5) is 5.69 Å². The Bertz CT molecular complexity index is 692. The molecule has 0 aromatic heterocycles. The molecule has 6 nitrogen and oxygen atoms in total. The zero-order chi connectivity index (χ0) is 17.5. The number of para-hydroxylation sites is 1. The smallest absolute Gasteiger partial charge is 0.339 e. The number of ether oxygens (including phenoxy) is 3. The molecule has 0 aliphatic carbocycles. The highest BCUT2D eigenvalue weighted by Crippen LogP contribution is 2.23. The third-order valence-electron chi connectivity index (χ3n) is 3.28. The number of carbonyl (C=O) groups excluding carboxylic acids is 2. The van der Waals surface area contributed by atoms with Crippen molar-refractivity contribution in [2.75, 3.05) is 19.5 Å². The van der Waals surface area contributed by atoms with Crippen LogP contribution in [0.2, 0.25) is 0 Å². The molecule has 0 aliphatic rings. The van der Waals surface area contributed by atoms with E-state index in [-0.39, 0.29) is 5.56 Å². The average Bonchev–Trinajstić information content (AvgIpc) is 2.61. The van der Waals surface area contributed by atoms with Crippen LogP contribution in [0, 0.1) is 0 Å². The highest BCUT2D eigenvalue weighted by Gasteiger charge is 2.20. The summed E-state index contributed by atoms with van der Waals surface area (Å²) in [6.45, 7) is 1.51. The zero-order valence-corrected chi connectivity index (χ0v) is 13.7. The van der Waals surface area contributed by atoms with Crippen molar-refractivity contribution in [2.45, 2.75) is 13.0 Å². The molecule has 0 fully saturated rings. The maximum atomic E-state index is 12.2. The van der Waals surface area contributed by atoms with Crippen LogP contribution < -0.4 is 14.8 Å². The Hall–Kier alpha value is -3.02. The Morgan fingerprint density at radius 2 is 1.54 bits per heavy atom. The molecule has 1 N–H and O–H groups in total. The van der Waals surface area contributed by atoms with Gasteiger partial charge in [0.2, 0.25) is 0 Å². The molecule has 1 atom stereocenters. The monoisotopic (exact) mass is 329 g/mol. The lowest BCUT2D eigenvalue weighted by Crippen LogP contribution is -2.30. The van der Waals surface area contributed by atoms with Crippen molar-refractivity contribution in [3.8, 4) is 11.5 Å². The van der Waals surface area contributed by atoms with Crippen molar-refractivity contribution in [2.24, 2.45) is 0 Å². The van der Waals surface area contributed by atoms with Gasteiger partial charge in [0, 0.05) is 11.8 Å². The predicted octanol–water partition coefficient (Wildman–Crippen LogP) is 2.89. The van der Waals surface area contributed by atoms with Gasteiger partial charge < -0.3 is 19.5 Å². The topological polar surface area (TPSA) is 73.9 Å². The van der Waals surface area contributed by atoms with Crippen LogP contribution in [0.25, 0.3) is 0 Å². The molecule has 126 valence electrons. The maximum absolute atomic E-state index is 12.2. The summed E-state index contributed by atoms with van der Waals surface area (Å²) in [7, 11) is 2.97. The molecule has 2 aromatic rings. The molecular weight excluding hydrogens is 310 g/mol. The summed E-state index contributed by atoms with van der Waals surface area (Å²) in [4.78, 5) is 24.3. The molecule has 0 aliphatic heterocycles. The molecule has 0 unspecified atom stereocenters. The molecule has 6 heteroatoms. The first-order valence-electron chi connectivity index (χ1n) is 7.33. The van der Waals surface area contributed by atoms with Crippen LogP contribution in [0.5, 0.6) is 11.5 Å². The van der Waals surface area contributed by atoms with Crippen LogP contribution in [0.15, 0.2) is 48.5 Å². The van der Waals surface area contributed by atoms with Crippen LogP contribution in [0.3, 0.4) is 0 Å². The second-order valence-corrected chi connectivity index (χ2v) is 5.00. The van der Waals surface area contributed by atoms with Crippen molar-refractivity contribution in [1.82, 2.24) is 0 Å². The van der Waals surface area contributed by atoms with Crippen molar-refractivity contribution in [1.29, 1.82) is 0 Å². The van der Waals surface area contributed by atoms with Crippen molar-refractivity contribution in [3.63, 3.8) is 0 Å². The number of benzene rings is 2. The fourth-order valence-corrected chi connectivity index (χ4v) is 1.97. The fourth-order valence-electron chi connectivity index (χ4n) is 1.97. The molecule has 1 amide bonds. The van der Waals surface area contributed by atoms with Gasteiger partial charge in [-0.2, -0.15) is 0 Å². The molecular formula is C18H19NO5. The van der Waals surface area contributed by atoms with Gasteiger partial charge in [0.25, 0.3) is 5.91 Å². The van der Waals surface area contributed by atoms with E-state index in [2.05, 4.69) is 5.32 Å². The van der Waals surface area contributed by atoms with Gasteiger partial charge in [-0.05, 0) is 31.2 Å². The van der Waals surface area contributed by atoms with Gasteiger partial charge in [-0.15, -0.1) is 0 Å². The first-order chi connectivity index (χ1) is 11.5. The Balaban J connectivity index is 2.04. The van der Waals surface area contributed by atoms with E-state index in [9.17, 15) is 9.59 Å². The van der Waals surface area contributed by atoms with Gasteiger partial charge in [0.05, 0.1) is 19.8 Å². The Morgan fingerprint density at radius 1 is 0.958 bits per heavy atom. The van der Waals surface area contributed by atoms with E-state index in [4.69, 9.17) is 14.2 Å². The first-order valence-corrected chi connectivity index (χ1v) is 7.33. The quantitative estimate of drug-likeness (QED) is 0.825. The minimum Gasteiger partial charge on any atom is -0.497 e. The van der Waals surface area contributed by atoms with Crippen molar-refractivity contribution < 1.29 is 23.8 Å². The number of nitrogens with one attached hydrogen (secondary N) is 1. The van der Waals surface area contributed by atoms with Crippen LogP contribution >= 0.6 is 0 Å². The van der Waals surface area contributed by atoms with Gasteiger partial charge in [-0.1, -0.05) is 18.2 Å². The molecule has 0 saturated carbocycles. The minimum absolute atomic E-state index is 0.241. The lowest BCUT2D eigenvalue weighted by Gasteiger charge is -2.14. The predicted molar refractivity (Wildman–Crippen MR) is 89.5 cm³/mol. The Kier molecular flexibility index (Phi) is 5.78. The van der Waals surface area contributed by atoms with E-state index >= 15 is 0 Å². The lowest BCUT2D eigenvalue weighted by molar-refractivity contribution is -0.123. The van der Waals surface area contributed by atoms with Gasteiger partial charge >= 0.3 is 5.97 Å². The number of methoxy groups -OCH3 is 2. The number of esters is 1. The maximum Gasteiger partial charge on any atom is 0.339 e. The second-order valence-electron chi connectivity index (χ2n) is 5.00. The van der Waals surface area contributed by atoms with E-state index in [1.807, 2.05) is 6.07 Å². The van der Waals surface area contributed by atoms with Gasteiger partial charge in [0.1, 0.15) is 11.5 Å². The molecule has 2 aromatic carbocycles. The largest absolute Gasteiger partial charge is 0.497 e. The Labute approximate surface area is 140 Å². The third-order valence-corrected chi connectivity index (χ3v) is 3.28. The van der Waals surface area contributed by atoms with Crippen molar-refractivity contribution in [3.05, 3.63) is 54.1 Å². The summed E-state index contributed by atoms with van der Waals surface area (Å²) in [5.41, 5.74) is 0.874. The van der Waals surface area contributed by atoms with Crippen LogP contribution in [0.1, 0.15) is 17.3 Å². The number of carbonyl (C=O) groups is 2. The molecule has 0 heterocycles. The first kappa shape index (κ1) is 17.3. The van der Waals surface area contributed by atoms with E-state index in [1.54, 1.807) is 30.3 Å². The summed E-state index contributed by atoms with van der Waals surface area (Å²) in [5, 5.41) is 2.68. The van der Waals surface area contributed by atoms with E-state index in [0.717, 1.165) is 0 Å². The zero-order valence-electron chi connectivity index (χ0n) is 13.7. The summed E-state index contributed by atoms with van der Waals surface area (Å²) in [6.07, 6.45) is -0.949. The molecule has 0 spiro atoms. The van der Waals surface area contributed by atoms with Gasteiger partial charge in [-0.25, -0.2) is 4.79 Å². The van der Waals surface area contributed by atoms with E-state index < -0.39 is 18.0 Å². The number of hydrogen-bond donors (Lipinski definition) is 1. The van der Waals surface area contributed by atoms with Crippen LogP contribution in [-0.4, -0.2) is 32.2 Å². The lowest BCUT2D eigenvalue weighted by atomic mass is 10.2. The van der Waals surface area contributed by atoms with E-state index in [1.165, 1.54) is 33.3 Å². The summed E-state index contributed by atoms with van der Waals surface area (Å²) < 4.78 is 15.4. The standard InChI is InChI=1S/C18H19NO5/c1-12(17(20)19-14-7-5-4-6-8-14)24-18(21)13-9-15(22-2)11-16(10-13)23-3/h4-12H,1-3H3,(H,19,20)/t12-/m1/s1. The minimum atomic E-state index is -0.949. The second kappa shape index (κ2) is 8.01. The summed E-state index contributed by atoms with van der Waals surface area (Å²) in [5.74, 6) is -0.127. The highest BCUT2D eigenvalue weighted by molar-refractivity contribution is 5.97. The highest BCUT2D eigenvalue weighted by atomic mass is 16.5. The number of amides is 1. The molecule has 0 radical (unpaired) electrons. The number of anilines is 1. The van der Waals surface area contributed by atoms with Gasteiger partial charge in [-0.3, -0.25) is 4.79 Å². The molecule has 24 heavy (non-hydrogen) atoms. The van der Waals surface area contributed by atoms with Crippen LogP contribution in [-0.2, 0) is 9.53 Å². The average molecular weight is 329 g/mol. The normalized spacial score (nSPS) is 11.3. The molecule has 0 bridgehead atoms. The van der Waals surface area contributed by atoms with E-state index in [0.29, 0.717) is 17.2 Å². The Morgan fingerprint density at radius 3 is 2.08 bits per heavy atom. The van der Waals surface area contributed by atoms with Gasteiger partial charge in [0.15, 0.2) is 6.10 Å². The fraction of sp³-hybridized carbons (Fsp3) is 0.222. The molecule has 0 saturated heterocycles. The number of hydrogen-bond acceptors (Lipinski definition) is 5. The number of rotatable bonds is 6. The summed E-state index contributed by atoms with van der Waals surface area (Å²) >= 11 is 0. The van der Waals surface area contributed by atoms with Crippen molar-refractivity contribution >= 4 is 17.6 Å². The summed E-state index contributed by atoms with van der Waals surface area (Å²) in [6, 6.07) is 13.6. The third kappa shape index (κ3) is 4.49. The molecule has 2 rings (SSSR count). The SMILES string of the molecule is COc1cc(OC)cc(C(=O)O[C@H](C)C(=O)Nc2ccccc2)c1.